The van der Waals surface area contributed by atoms with E-state index in [9.17, 15) is 18.0 Å². The molecule has 3 heterocycles. The summed E-state index contributed by atoms with van der Waals surface area (Å²) in [6.07, 6.45) is 4.91. The molecule has 136 valence electrons. The topological polar surface area (TPSA) is 96.4 Å². The highest BCUT2D eigenvalue weighted by Crippen LogP contribution is 2.31. The van der Waals surface area contributed by atoms with Crippen LogP contribution in [0.4, 0.5) is 5.13 Å². The number of aromatic nitrogens is 1. The maximum atomic E-state index is 12.5. The molecular formula is C16H21N3O4S2. The van der Waals surface area contributed by atoms with Gasteiger partial charge in [-0.25, -0.2) is 13.4 Å². The van der Waals surface area contributed by atoms with Gasteiger partial charge in [-0.1, -0.05) is 0 Å². The molecule has 9 heteroatoms. The fourth-order valence-corrected chi connectivity index (χ4v) is 6.68. The van der Waals surface area contributed by atoms with Crippen molar-refractivity contribution in [2.75, 3.05) is 23.4 Å². The largest absolute Gasteiger partial charge is 0.338 e. The standard InChI is InChI=1S/C16H21N3O4S2/c20-14-7-10(8-19(14)11-5-6-25(22,23)9-11)15(21)18-16-17-12-3-1-2-4-13(12)24-16/h10-11H,1-9H2,(H,17,18,21)/t10-,11-/m0/s1. The van der Waals surface area contributed by atoms with Crippen molar-refractivity contribution in [2.24, 2.45) is 5.92 Å². The van der Waals surface area contributed by atoms with Crippen molar-refractivity contribution in [3.05, 3.63) is 10.6 Å². The van der Waals surface area contributed by atoms with Crippen LogP contribution in [0.2, 0.25) is 0 Å². The molecule has 2 fully saturated rings. The van der Waals surface area contributed by atoms with Gasteiger partial charge in [0.05, 0.1) is 23.1 Å². The number of nitrogens with zero attached hydrogens (tertiary/aromatic N) is 2. The fraction of sp³-hybridized carbons (Fsp3) is 0.688. The Balaban J connectivity index is 1.40. The molecule has 2 atom stereocenters. The van der Waals surface area contributed by atoms with E-state index in [4.69, 9.17) is 0 Å². The van der Waals surface area contributed by atoms with Gasteiger partial charge in [0.1, 0.15) is 0 Å². The third-order valence-electron chi connectivity index (χ3n) is 5.25. The molecule has 1 N–H and O–H groups in total. The van der Waals surface area contributed by atoms with E-state index in [0.29, 0.717) is 18.1 Å². The molecule has 0 unspecified atom stereocenters. The number of carbonyl (C=O) groups is 2. The zero-order valence-corrected chi connectivity index (χ0v) is 15.5. The lowest BCUT2D eigenvalue weighted by Gasteiger charge is -2.22. The first-order valence-electron chi connectivity index (χ1n) is 8.70. The molecule has 0 spiro atoms. The minimum Gasteiger partial charge on any atom is -0.338 e. The van der Waals surface area contributed by atoms with Crippen LogP contribution in [-0.4, -0.2) is 54.2 Å². The average molecular weight is 383 g/mol. The highest BCUT2D eigenvalue weighted by molar-refractivity contribution is 7.91. The summed E-state index contributed by atoms with van der Waals surface area (Å²) in [5.41, 5.74) is 1.09. The van der Waals surface area contributed by atoms with Crippen LogP contribution < -0.4 is 5.32 Å². The smallest absolute Gasteiger partial charge is 0.231 e. The normalized spacial score (nSPS) is 28.2. The number of sulfone groups is 1. The zero-order valence-electron chi connectivity index (χ0n) is 13.9. The molecule has 7 nitrogen and oxygen atoms in total. The predicted molar refractivity (Wildman–Crippen MR) is 94.3 cm³/mol. The van der Waals surface area contributed by atoms with E-state index in [0.717, 1.165) is 25.0 Å². The number of carbonyl (C=O) groups excluding carboxylic acids is 2. The highest BCUT2D eigenvalue weighted by atomic mass is 32.2. The molecule has 1 aromatic heterocycles. The molecule has 0 aromatic carbocycles. The van der Waals surface area contributed by atoms with E-state index < -0.39 is 15.8 Å². The SMILES string of the molecule is O=C(Nc1nc2c(s1)CCCC2)[C@H]1CC(=O)N([C@H]2CCS(=O)(=O)C2)C1. The number of thiazole rings is 1. The van der Waals surface area contributed by atoms with Crippen molar-refractivity contribution in [2.45, 2.75) is 44.6 Å². The quantitative estimate of drug-likeness (QED) is 0.840. The van der Waals surface area contributed by atoms with Gasteiger partial charge >= 0.3 is 0 Å². The fourth-order valence-electron chi connectivity index (χ4n) is 3.89. The monoisotopic (exact) mass is 383 g/mol. The summed E-state index contributed by atoms with van der Waals surface area (Å²) in [6, 6.07) is -0.275. The minimum absolute atomic E-state index is 0.0201. The molecular weight excluding hydrogens is 362 g/mol. The Bertz CT molecular complexity index is 794. The van der Waals surface area contributed by atoms with Crippen LogP contribution in [0.25, 0.3) is 0 Å². The second-order valence-electron chi connectivity index (χ2n) is 7.09. The van der Waals surface area contributed by atoms with Crippen molar-refractivity contribution in [3.63, 3.8) is 0 Å². The summed E-state index contributed by atoms with van der Waals surface area (Å²) in [4.78, 5) is 32.1. The van der Waals surface area contributed by atoms with E-state index in [1.807, 2.05) is 0 Å². The summed E-state index contributed by atoms with van der Waals surface area (Å²) in [5, 5.41) is 3.48. The van der Waals surface area contributed by atoms with Gasteiger partial charge in [0.15, 0.2) is 15.0 Å². The number of aryl methyl sites for hydroxylation is 2. The summed E-state index contributed by atoms with van der Waals surface area (Å²) >= 11 is 1.53. The summed E-state index contributed by atoms with van der Waals surface area (Å²) < 4.78 is 23.3. The van der Waals surface area contributed by atoms with Crippen LogP contribution in [0.5, 0.6) is 0 Å². The van der Waals surface area contributed by atoms with Crippen LogP contribution >= 0.6 is 11.3 Å². The number of anilines is 1. The Morgan fingerprint density at radius 2 is 2.08 bits per heavy atom. The van der Waals surface area contributed by atoms with Gasteiger partial charge in [0.2, 0.25) is 11.8 Å². The molecule has 4 rings (SSSR count). The van der Waals surface area contributed by atoms with E-state index in [1.165, 1.54) is 22.6 Å². The van der Waals surface area contributed by atoms with E-state index in [2.05, 4.69) is 10.3 Å². The summed E-state index contributed by atoms with van der Waals surface area (Å²) in [6.45, 7) is 0.302. The minimum atomic E-state index is -3.05. The van der Waals surface area contributed by atoms with Gasteiger partial charge in [-0.2, -0.15) is 0 Å². The molecule has 2 amide bonds. The number of hydrogen-bond acceptors (Lipinski definition) is 6. The van der Waals surface area contributed by atoms with Gasteiger partial charge < -0.3 is 10.2 Å². The molecule has 0 bridgehead atoms. The Morgan fingerprint density at radius 3 is 2.80 bits per heavy atom. The van der Waals surface area contributed by atoms with Gasteiger partial charge in [-0.3, -0.25) is 9.59 Å². The molecule has 2 aliphatic heterocycles. The summed E-state index contributed by atoms with van der Waals surface area (Å²) in [5.74, 6) is -0.602. The Morgan fingerprint density at radius 1 is 1.28 bits per heavy atom. The van der Waals surface area contributed by atoms with Crippen LogP contribution in [0.3, 0.4) is 0 Å². The number of nitrogens with one attached hydrogen (secondary N) is 1. The maximum absolute atomic E-state index is 12.5. The van der Waals surface area contributed by atoms with Crippen molar-refractivity contribution in [1.82, 2.24) is 9.88 Å². The van der Waals surface area contributed by atoms with Gasteiger partial charge in [-0.05, 0) is 32.1 Å². The lowest BCUT2D eigenvalue weighted by atomic mass is 10.0. The Labute approximate surface area is 150 Å². The number of likely N-dealkylation sites (tertiary alicyclic amines) is 1. The number of rotatable bonds is 3. The van der Waals surface area contributed by atoms with Crippen LogP contribution in [-0.2, 0) is 32.3 Å². The first-order chi connectivity index (χ1) is 11.9. The predicted octanol–water partition coefficient (Wildman–Crippen LogP) is 0.996. The first-order valence-corrected chi connectivity index (χ1v) is 11.3. The number of hydrogen-bond donors (Lipinski definition) is 1. The van der Waals surface area contributed by atoms with E-state index in [-0.39, 0.29) is 35.8 Å². The lowest BCUT2D eigenvalue weighted by Crippen LogP contribution is -2.38. The second-order valence-corrected chi connectivity index (χ2v) is 10.4. The van der Waals surface area contributed by atoms with Gasteiger partial charge in [-0.15, -0.1) is 11.3 Å². The van der Waals surface area contributed by atoms with Crippen molar-refractivity contribution < 1.29 is 18.0 Å². The van der Waals surface area contributed by atoms with Crippen LogP contribution in [0.15, 0.2) is 0 Å². The Hall–Kier alpha value is -1.48. The molecule has 1 aromatic rings. The molecule has 25 heavy (non-hydrogen) atoms. The van der Waals surface area contributed by atoms with Crippen LogP contribution in [0, 0.1) is 5.92 Å². The molecule has 0 radical (unpaired) electrons. The highest BCUT2D eigenvalue weighted by Gasteiger charge is 2.42. The van der Waals surface area contributed by atoms with Crippen molar-refractivity contribution >= 4 is 38.1 Å². The first kappa shape index (κ1) is 17.0. The van der Waals surface area contributed by atoms with Crippen molar-refractivity contribution in [1.29, 1.82) is 0 Å². The molecule has 2 saturated heterocycles. The van der Waals surface area contributed by atoms with Gasteiger partial charge in [0, 0.05) is 23.9 Å². The number of amides is 2. The average Bonchev–Trinajstić information content (AvgIpc) is 3.23. The third kappa shape index (κ3) is 3.44. The van der Waals surface area contributed by atoms with E-state index in [1.54, 1.807) is 4.90 Å². The maximum Gasteiger partial charge on any atom is 0.231 e. The number of fused-ring (bicyclic) bond motifs is 1. The third-order valence-corrected chi connectivity index (χ3v) is 8.08. The zero-order chi connectivity index (χ0) is 17.6. The molecule has 1 aliphatic carbocycles. The molecule has 3 aliphatic rings. The summed E-state index contributed by atoms with van der Waals surface area (Å²) in [7, 11) is -3.05. The van der Waals surface area contributed by atoms with Gasteiger partial charge in [0.25, 0.3) is 0 Å². The lowest BCUT2D eigenvalue weighted by molar-refractivity contribution is -0.129. The van der Waals surface area contributed by atoms with Crippen molar-refractivity contribution in [3.8, 4) is 0 Å². The van der Waals surface area contributed by atoms with Crippen LogP contribution in [0.1, 0.15) is 36.3 Å². The second kappa shape index (κ2) is 6.35. The molecule has 0 saturated carbocycles. The van der Waals surface area contributed by atoms with E-state index >= 15 is 0 Å². The Kier molecular flexibility index (Phi) is 4.31.